The Hall–Kier alpha value is -1.59. The Balaban J connectivity index is 1.86. The van der Waals surface area contributed by atoms with E-state index in [4.69, 9.17) is 5.73 Å². The monoisotopic (exact) mass is 288 g/mol. The van der Waals surface area contributed by atoms with Gasteiger partial charge in [-0.1, -0.05) is 12.5 Å². The van der Waals surface area contributed by atoms with Gasteiger partial charge in [-0.15, -0.1) is 0 Å². The molecule has 1 fully saturated rings. The van der Waals surface area contributed by atoms with Crippen LogP contribution < -0.4 is 11.4 Å². The summed E-state index contributed by atoms with van der Waals surface area (Å²) in [6, 6.07) is 6.12. The van der Waals surface area contributed by atoms with Gasteiger partial charge in [0.1, 0.15) is 0 Å². The standard InChI is InChI=1S/C16H24N4O/c1-18-14-7-6-12(10-15(14)19(2)16(18)21)13(17)11-20-8-4-3-5-9-20/h6-7,10,13H,3-5,8-9,11,17H2,1-2H3. The Labute approximate surface area is 125 Å². The van der Waals surface area contributed by atoms with Gasteiger partial charge in [0, 0.05) is 26.7 Å². The number of hydrogen-bond acceptors (Lipinski definition) is 3. The first kappa shape index (κ1) is 14.4. The summed E-state index contributed by atoms with van der Waals surface area (Å²) in [6.07, 6.45) is 3.89. The van der Waals surface area contributed by atoms with Crippen LogP contribution in [0.4, 0.5) is 0 Å². The summed E-state index contributed by atoms with van der Waals surface area (Å²) < 4.78 is 3.36. The van der Waals surface area contributed by atoms with Crippen molar-refractivity contribution in [2.24, 2.45) is 19.8 Å². The zero-order chi connectivity index (χ0) is 15.0. The molecule has 2 aromatic rings. The van der Waals surface area contributed by atoms with Gasteiger partial charge in [0.05, 0.1) is 11.0 Å². The molecule has 2 heterocycles. The first-order valence-electron chi connectivity index (χ1n) is 7.71. The predicted octanol–water partition coefficient (Wildman–Crippen LogP) is 1.36. The highest BCUT2D eigenvalue weighted by molar-refractivity contribution is 5.77. The van der Waals surface area contributed by atoms with E-state index in [0.717, 1.165) is 36.2 Å². The number of aryl methyl sites for hydroxylation is 2. The number of nitrogens with zero attached hydrogens (tertiary/aromatic N) is 3. The molecular formula is C16H24N4O. The summed E-state index contributed by atoms with van der Waals surface area (Å²) in [5.74, 6) is 0. The molecular weight excluding hydrogens is 264 g/mol. The topological polar surface area (TPSA) is 56.2 Å². The molecule has 1 unspecified atom stereocenters. The molecule has 114 valence electrons. The minimum absolute atomic E-state index is 0.00260. The van der Waals surface area contributed by atoms with Crippen LogP contribution in [-0.2, 0) is 14.1 Å². The van der Waals surface area contributed by atoms with Gasteiger partial charge in [0.15, 0.2) is 0 Å². The highest BCUT2D eigenvalue weighted by Gasteiger charge is 2.16. The van der Waals surface area contributed by atoms with Crippen molar-refractivity contribution in [1.29, 1.82) is 0 Å². The minimum Gasteiger partial charge on any atom is -0.323 e. The molecule has 5 heteroatoms. The lowest BCUT2D eigenvalue weighted by molar-refractivity contribution is 0.216. The van der Waals surface area contributed by atoms with Crippen molar-refractivity contribution in [3.8, 4) is 0 Å². The quantitative estimate of drug-likeness (QED) is 0.928. The fraction of sp³-hybridized carbons (Fsp3) is 0.562. The van der Waals surface area contributed by atoms with Crippen LogP contribution in [0.1, 0.15) is 30.9 Å². The van der Waals surface area contributed by atoms with Gasteiger partial charge < -0.3 is 10.6 Å². The Kier molecular flexibility index (Phi) is 3.87. The van der Waals surface area contributed by atoms with Crippen molar-refractivity contribution in [1.82, 2.24) is 14.0 Å². The molecule has 1 aromatic carbocycles. The lowest BCUT2D eigenvalue weighted by atomic mass is 10.0. The molecule has 1 aliphatic rings. The second kappa shape index (κ2) is 5.66. The first-order valence-corrected chi connectivity index (χ1v) is 7.71. The van der Waals surface area contributed by atoms with E-state index in [1.165, 1.54) is 19.3 Å². The summed E-state index contributed by atoms with van der Waals surface area (Å²) in [7, 11) is 3.61. The minimum atomic E-state index is 0.00260. The number of likely N-dealkylation sites (tertiary alicyclic amines) is 1. The van der Waals surface area contributed by atoms with Crippen molar-refractivity contribution < 1.29 is 0 Å². The number of hydrogen-bond donors (Lipinski definition) is 1. The maximum Gasteiger partial charge on any atom is 0.328 e. The van der Waals surface area contributed by atoms with E-state index in [1.807, 2.05) is 13.1 Å². The van der Waals surface area contributed by atoms with E-state index in [-0.39, 0.29) is 11.7 Å². The SMILES string of the molecule is Cn1c(=O)n(C)c2cc(C(N)CN3CCCCC3)ccc21. The Morgan fingerprint density at radius 1 is 1.10 bits per heavy atom. The zero-order valence-corrected chi connectivity index (χ0v) is 12.9. The van der Waals surface area contributed by atoms with E-state index >= 15 is 0 Å². The van der Waals surface area contributed by atoms with E-state index in [2.05, 4.69) is 17.0 Å². The first-order chi connectivity index (χ1) is 10.1. The van der Waals surface area contributed by atoms with E-state index in [1.54, 1.807) is 16.2 Å². The van der Waals surface area contributed by atoms with E-state index < -0.39 is 0 Å². The van der Waals surface area contributed by atoms with Crippen molar-refractivity contribution in [2.75, 3.05) is 19.6 Å². The molecule has 0 aliphatic carbocycles. The molecule has 0 spiro atoms. The Morgan fingerprint density at radius 2 is 1.76 bits per heavy atom. The summed E-state index contributed by atoms with van der Waals surface area (Å²) in [4.78, 5) is 14.4. The van der Waals surface area contributed by atoms with E-state index in [9.17, 15) is 4.79 Å². The molecule has 0 saturated carbocycles. The van der Waals surface area contributed by atoms with Gasteiger partial charge in [-0.3, -0.25) is 9.13 Å². The van der Waals surface area contributed by atoms with Crippen LogP contribution in [0.5, 0.6) is 0 Å². The van der Waals surface area contributed by atoms with Crippen molar-refractivity contribution in [3.05, 3.63) is 34.2 Å². The molecule has 1 saturated heterocycles. The van der Waals surface area contributed by atoms with Crippen LogP contribution in [0.3, 0.4) is 0 Å². The van der Waals surface area contributed by atoms with Crippen LogP contribution in [0.2, 0.25) is 0 Å². The highest BCUT2D eigenvalue weighted by Crippen LogP contribution is 2.20. The third-order valence-electron chi connectivity index (χ3n) is 4.63. The molecule has 1 aliphatic heterocycles. The van der Waals surface area contributed by atoms with Crippen LogP contribution in [0, 0.1) is 0 Å². The van der Waals surface area contributed by atoms with Crippen LogP contribution in [-0.4, -0.2) is 33.7 Å². The molecule has 1 atom stereocenters. The largest absolute Gasteiger partial charge is 0.328 e. The maximum absolute atomic E-state index is 12.0. The highest BCUT2D eigenvalue weighted by atomic mass is 16.1. The molecule has 0 bridgehead atoms. The van der Waals surface area contributed by atoms with Gasteiger partial charge in [0.2, 0.25) is 0 Å². The fourth-order valence-corrected chi connectivity index (χ4v) is 3.28. The average molecular weight is 288 g/mol. The predicted molar refractivity (Wildman–Crippen MR) is 85.4 cm³/mol. The third kappa shape index (κ3) is 2.63. The van der Waals surface area contributed by atoms with Crippen molar-refractivity contribution >= 4 is 11.0 Å². The molecule has 5 nitrogen and oxygen atoms in total. The molecule has 0 radical (unpaired) electrons. The lowest BCUT2D eigenvalue weighted by Gasteiger charge is -2.29. The maximum atomic E-state index is 12.0. The number of piperidine rings is 1. The summed E-state index contributed by atoms with van der Waals surface area (Å²) >= 11 is 0. The molecule has 21 heavy (non-hydrogen) atoms. The molecule has 2 N–H and O–H groups in total. The van der Waals surface area contributed by atoms with Crippen LogP contribution in [0.15, 0.2) is 23.0 Å². The summed E-state index contributed by atoms with van der Waals surface area (Å²) in [5, 5.41) is 0. The molecule has 3 rings (SSSR count). The van der Waals surface area contributed by atoms with Crippen molar-refractivity contribution in [2.45, 2.75) is 25.3 Å². The van der Waals surface area contributed by atoms with Gasteiger partial charge in [0.25, 0.3) is 0 Å². The van der Waals surface area contributed by atoms with Crippen LogP contribution in [0.25, 0.3) is 11.0 Å². The van der Waals surface area contributed by atoms with Gasteiger partial charge in [-0.25, -0.2) is 4.79 Å². The summed E-state index contributed by atoms with van der Waals surface area (Å²) in [6.45, 7) is 3.20. The van der Waals surface area contributed by atoms with Crippen LogP contribution >= 0.6 is 0 Å². The smallest absolute Gasteiger partial charge is 0.323 e. The Morgan fingerprint density at radius 3 is 2.48 bits per heavy atom. The van der Waals surface area contributed by atoms with Gasteiger partial charge >= 0.3 is 5.69 Å². The second-order valence-electron chi connectivity index (χ2n) is 6.12. The van der Waals surface area contributed by atoms with E-state index in [0.29, 0.717) is 0 Å². The third-order valence-corrected chi connectivity index (χ3v) is 4.63. The number of nitrogens with two attached hydrogens (primary N) is 1. The number of imidazole rings is 1. The number of rotatable bonds is 3. The molecule has 0 amide bonds. The van der Waals surface area contributed by atoms with Crippen molar-refractivity contribution in [3.63, 3.8) is 0 Å². The molecule has 1 aromatic heterocycles. The second-order valence-corrected chi connectivity index (χ2v) is 6.12. The summed E-state index contributed by atoms with van der Waals surface area (Å²) in [5.41, 5.74) is 9.40. The lowest BCUT2D eigenvalue weighted by Crippen LogP contribution is -2.36. The Bertz CT molecular complexity index is 694. The normalized spacial score (nSPS) is 18.2. The number of benzene rings is 1. The fourth-order valence-electron chi connectivity index (χ4n) is 3.28. The number of fused-ring (bicyclic) bond motifs is 1. The van der Waals surface area contributed by atoms with Gasteiger partial charge in [-0.2, -0.15) is 0 Å². The van der Waals surface area contributed by atoms with Gasteiger partial charge in [-0.05, 0) is 43.6 Å². The zero-order valence-electron chi connectivity index (χ0n) is 12.9. The number of aromatic nitrogens is 2. The average Bonchev–Trinajstić information content (AvgIpc) is 2.73.